The lowest BCUT2D eigenvalue weighted by molar-refractivity contribution is 0.101. The summed E-state index contributed by atoms with van der Waals surface area (Å²) in [5, 5.41) is 3.28. The van der Waals surface area contributed by atoms with Crippen LogP contribution in [-0.2, 0) is 6.54 Å². The second-order valence-electron chi connectivity index (χ2n) is 4.05. The Bertz CT molecular complexity index is 580. The molecule has 0 fully saturated rings. The van der Waals surface area contributed by atoms with Gasteiger partial charge in [0.05, 0.1) is 5.02 Å². The lowest BCUT2D eigenvalue weighted by Crippen LogP contribution is -2.17. The smallest absolute Gasteiger partial charge is 0.273 e. The van der Waals surface area contributed by atoms with Crippen molar-refractivity contribution in [1.29, 1.82) is 0 Å². The van der Waals surface area contributed by atoms with E-state index in [0.717, 1.165) is 17.4 Å². The molecule has 1 N–H and O–H groups in total. The number of hydrogen-bond acceptors (Lipinski definition) is 2. The molecular formula is C13H13BrClN3O. The molecule has 2 aromatic rings. The third-order valence-corrected chi connectivity index (χ3v) is 3.19. The lowest BCUT2D eigenvalue weighted by Gasteiger charge is -2.08. The molecule has 100 valence electrons. The predicted molar refractivity (Wildman–Crippen MR) is 79.6 cm³/mol. The number of nitrogens with zero attached hydrogens (tertiary/aromatic N) is 2. The molecule has 0 aromatic carbocycles. The summed E-state index contributed by atoms with van der Waals surface area (Å²) in [4.78, 5) is 16.2. The third kappa shape index (κ3) is 3.58. The summed E-state index contributed by atoms with van der Waals surface area (Å²) in [5.74, 6) is 0.295. The molecule has 0 spiro atoms. The fourth-order valence-electron chi connectivity index (χ4n) is 1.72. The number of aryl methyl sites for hydroxylation is 1. The summed E-state index contributed by atoms with van der Waals surface area (Å²) in [5.41, 5.74) is 0.602. The van der Waals surface area contributed by atoms with Gasteiger partial charge in [-0.05, 0) is 40.5 Å². The topological polar surface area (TPSA) is 46.9 Å². The Hall–Kier alpha value is -1.33. The van der Waals surface area contributed by atoms with Crippen LogP contribution in [0.15, 0.2) is 35.1 Å². The molecule has 2 aromatic heterocycles. The van der Waals surface area contributed by atoms with Crippen LogP contribution in [0.4, 0.5) is 5.82 Å². The maximum atomic E-state index is 12.2. The minimum Gasteiger partial charge on any atom is -0.342 e. The molecule has 2 heterocycles. The van der Waals surface area contributed by atoms with Crippen LogP contribution in [0, 0.1) is 0 Å². The largest absolute Gasteiger partial charge is 0.342 e. The molecule has 2 rings (SSSR count). The molecule has 6 heteroatoms. The van der Waals surface area contributed by atoms with Crippen LogP contribution in [0.25, 0.3) is 0 Å². The average Bonchev–Trinajstić information content (AvgIpc) is 2.74. The van der Waals surface area contributed by atoms with Crippen LogP contribution in [0.3, 0.4) is 0 Å². The number of amides is 1. The van der Waals surface area contributed by atoms with Gasteiger partial charge < -0.3 is 9.88 Å². The van der Waals surface area contributed by atoms with E-state index in [0.29, 0.717) is 16.5 Å². The molecule has 0 aliphatic rings. The number of anilines is 1. The van der Waals surface area contributed by atoms with Crippen molar-refractivity contribution < 1.29 is 4.79 Å². The minimum absolute atomic E-state index is 0.186. The van der Waals surface area contributed by atoms with Crippen LogP contribution in [0.5, 0.6) is 0 Å². The summed E-state index contributed by atoms with van der Waals surface area (Å²) in [6.07, 6.45) is 4.35. The Labute approximate surface area is 124 Å². The second kappa shape index (κ2) is 6.21. The third-order valence-electron chi connectivity index (χ3n) is 2.53. The summed E-state index contributed by atoms with van der Waals surface area (Å²) in [6, 6.07) is 5.15. The number of halogens is 2. The standard InChI is InChI=1S/C13H13BrClN3O/c1-2-5-18-8-9(14)6-11(18)13(19)17-12-4-3-10(15)7-16-12/h3-4,6-8H,2,5H2,1H3,(H,16,17,19). The van der Waals surface area contributed by atoms with Crippen LogP contribution >= 0.6 is 27.5 Å². The van der Waals surface area contributed by atoms with E-state index >= 15 is 0 Å². The van der Waals surface area contributed by atoms with Crippen molar-refractivity contribution in [2.75, 3.05) is 5.32 Å². The molecule has 19 heavy (non-hydrogen) atoms. The summed E-state index contributed by atoms with van der Waals surface area (Å²) < 4.78 is 2.80. The molecule has 0 saturated heterocycles. The van der Waals surface area contributed by atoms with Gasteiger partial charge in [0.2, 0.25) is 0 Å². The van der Waals surface area contributed by atoms with Gasteiger partial charge in [0, 0.05) is 23.4 Å². The molecule has 0 aliphatic heterocycles. The monoisotopic (exact) mass is 341 g/mol. The highest BCUT2D eigenvalue weighted by atomic mass is 79.9. The predicted octanol–water partition coefficient (Wildman–Crippen LogP) is 3.96. The first kappa shape index (κ1) is 14.1. The van der Waals surface area contributed by atoms with Gasteiger partial charge in [0.15, 0.2) is 0 Å². The quantitative estimate of drug-likeness (QED) is 0.914. The molecule has 4 nitrogen and oxygen atoms in total. The fraction of sp³-hybridized carbons (Fsp3) is 0.231. The van der Waals surface area contributed by atoms with E-state index in [1.807, 2.05) is 10.8 Å². The normalized spacial score (nSPS) is 10.5. The van der Waals surface area contributed by atoms with Crippen molar-refractivity contribution in [1.82, 2.24) is 9.55 Å². The maximum absolute atomic E-state index is 12.2. The summed E-state index contributed by atoms with van der Waals surface area (Å²) >= 11 is 9.13. The number of carbonyl (C=O) groups is 1. The molecule has 0 unspecified atom stereocenters. The van der Waals surface area contributed by atoms with Gasteiger partial charge in [-0.1, -0.05) is 18.5 Å². The van der Waals surface area contributed by atoms with Gasteiger partial charge >= 0.3 is 0 Å². The van der Waals surface area contributed by atoms with Crippen LogP contribution in [-0.4, -0.2) is 15.5 Å². The zero-order chi connectivity index (χ0) is 13.8. The zero-order valence-corrected chi connectivity index (χ0v) is 12.7. The Kier molecular flexibility index (Phi) is 4.61. The van der Waals surface area contributed by atoms with Crippen molar-refractivity contribution in [3.8, 4) is 0 Å². The van der Waals surface area contributed by atoms with E-state index in [2.05, 4.69) is 33.2 Å². The number of aromatic nitrogens is 2. The van der Waals surface area contributed by atoms with E-state index in [1.165, 1.54) is 6.20 Å². The van der Waals surface area contributed by atoms with Crippen LogP contribution in [0.2, 0.25) is 5.02 Å². The van der Waals surface area contributed by atoms with Crippen molar-refractivity contribution in [3.05, 3.63) is 45.8 Å². The van der Waals surface area contributed by atoms with Crippen LogP contribution in [0.1, 0.15) is 23.8 Å². The van der Waals surface area contributed by atoms with Crippen LogP contribution < -0.4 is 5.32 Å². The highest BCUT2D eigenvalue weighted by Crippen LogP contribution is 2.17. The van der Waals surface area contributed by atoms with Gasteiger partial charge in [-0.15, -0.1) is 0 Å². The fourth-order valence-corrected chi connectivity index (χ4v) is 2.30. The Morgan fingerprint density at radius 3 is 2.95 bits per heavy atom. The molecule has 0 bridgehead atoms. The molecule has 0 atom stereocenters. The van der Waals surface area contributed by atoms with Crippen molar-refractivity contribution >= 4 is 39.3 Å². The highest BCUT2D eigenvalue weighted by molar-refractivity contribution is 9.10. The molecule has 1 amide bonds. The van der Waals surface area contributed by atoms with Crippen molar-refractivity contribution in [2.45, 2.75) is 19.9 Å². The van der Waals surface area contributed by atoms with E-state index < -0.39 is 0 Å². The zero-order valence-electron chi connectivity index (χ0n) is 10.4. The molecular weight excluding hydrogens is 330 g/mol. The van der Waals surface area contributed by atoms with E-state index in [9.17, 15) is 4.79 Å². The first-order valence-electron chi connectivity index (χ1n) is 5.88. The Morgan fingerprint density at radius 1 is 1.53 bits per heavy atom. The number of pyridine rings is 1. The lowest BCUT2D eigenvalue weighted by atomic mass is 10.3. The number of hydrogen-bond donors (Lipinski definition) is 1. The summed E-state index contributed by atoms with van der Waals surface area (Å²) in [7, 11) is 0. The van der Waals surface area contributed by atoms with Gasteiger partial charge in [-0.3, -0.25) is 4.79 Å². The Morgan fingerprint density at radius 2 is 2.32 bits per heavy atom. The van der Waals surface area contributed by atoms with E-state index in [1.54, 1.807) is 18.2 Å². The van der Waals surface area contributed by atoms with Gasteiger partial charge in [0.25, 0.3) is 5.91 Å². The number of nitrogens with one attached hydrogen (secondary N) is 1. The number of rotatable bonds is 4. The average molecular weight is 343 g/mol. The maximum Gasteiger partial charge on any atom is 0.273 e. The van der Waals surface area contributed by atoms with Gasteiger partial charge in [0.1, 0.15) is 11.5 Å². The van der Waals surface area contributed by atoms with E-state index in [4.69, 9.17) is 11.6 Å². The van der Waals surface area contributed by atoms with Crippen molar-refractivity contribution in [3.63, 3.8) is 0 Å². The van der Waals surface area contributed by atoms with Crippen molar-refractivity contribution in [2.24, 2.45) is 0 Å². The second-order valence-corrected chi connectivity index (χ2v) is 5.40. The summed E-state index contributed by atoms with van der Waals surface area (Å²) in [6.45, 7) is 2.86. The SMILES string of the molecule is CCCn1cc(Br)cc1C(=O)Nc1ccc(Cl)cn1. The highest BCUT2D eigenvalue weighted by Gasteiger charge is 2.13. The van der Waals surface area contributed by atoms with Gasteiger partial charge in [-0.25, -0.2) is 4.98 Å². The first-order valence-corrected chi connectivity index (χ1v) is 7.06. The molecule has 0 aliphatic carbocycles. The minimum atomic E-state index is -0.186. The Balaban J connectivity index is 2.17. The first-order chi connectivity index (χ1) is 9.10. The number of carbonyl (C=O) groups excluding carboxylic acids is 1. The van der Waals surface area contributed by atoms with Gasteiger partial charge in [-0.2, -0.15) is 0 Å². The van der Waals surface area contributed by atoms with E-state index in [-0.39, 0.29) is 5.91 Å². The molecule has 0 radical (unpaired) electrons. The molecule has 0 saturated carbocycles.